The zero-order valence-electron chi connectivity index (χ0n) is 12.4. The molecule has 0 aliphatic carbocycles. The van der Waals surface area contributed by atoms with Crippen LogP contribution in [0.25, 0.3) is 0 Å². The Labute approximate surface area is 124 Å². The van der Waals surface area contributed by atoms with Gasteiger partial charge in [-0.2, -0.15) is 0 Å². The smallest absolute Gasteiger partial charge is 0.165 e. The quantitative estimate of drug-likeness (QED) is 0.846. The molecule has 0 atom stereocenters. The van der Waals surface area contributed by atoms with Gasteiger partial charge >= 0.3 is 0 Å². The third-order valence-corrected chi connectivity index (χ3v) is 3.12. The molecule has 0 unspecified atom stereocenters. The molecular weight excluding hydrogens is 269 g/mol. The number of methoxy groups -OCH3 is 1. The van der Waals surface area contributed by atoms with Crippen LogP contribution in [-0.4, -0.2) is 13.7 Å². The van der Waals surface area contributed by atoms with E-state index in [1.165, 1.54) is 18.7 Å². The van der Waals surface area contributed by atoms with Crippen LogP contribution in [0.4, 0.5) is 4.39 Å². The first-order valence-electron chi connectivity index (χ1n) is 6.97. The summed E-state index contributed by atoms with van der Waals surface area (Å²) in [5.74, 6) is 0.637. The van der Waals surface area contributed by atoms with E-state index in [1.54, 1.807) is 12.1 Å². The maximum Gasteiger partial charge on any atom is 0.165 e. The van der Waals surface area contributed by atoms with Gasteiger partial charge in [0.05, 0.1) is 7.11 Å². The molecule has 0 radical (unpaired) electrons. The second-order valence-corrected chi connectivity index (χ2v) is 4.68. The van der Waals surface area contributed by atoms with Crippen LogP contribution < -0.4 is 14.8 Å². The van der Waals surface area contributed by atoms with E-state index in [1.807, 2.05) is 24.3 Å². The SMILES string of the molecule is CCNCc1ccc(OCc2ccc(OC)c(F)c2)cc1. The summed E-state index contributed by atoms with van der Waals surface area (Å²) in [5, 5.41) is 3.26. The zero-order valence-corrected chi connectivity index (χ0v) is 12.4. The lowest BCUT2D eigenvalue weighted by Crippen LogP contribution is -2.11. The number of rotatable bonds is 7. The van der Waals surface area contributed by atoms with E-state index in [2.05, 4.69) is 12.2 Å². The van der Waals surface area contributed by atoms with Crippen LogP contribution in [0.3, 0.4) is 0 Å². The fourth-order valence-corrected chi connectivity index (χ4v) is 1.94. The molecule has 0 saturated carbocycles. The normalized spacial score (nSPS) is 10.4. The molecule has 0 saturated heterocycles. The van der Waals surface area contributed by atoms with E-state index >= 15 is 0 Å². The van der Waals surface area contributed by atoms with Crippen molar-refractivity contribution in [3.63, 3.8) is 0 Å². The number of hydrogen-bond acceptors (Lipinski definition) is 3. The van der Waals surface area contributed by atoms with Gasteiger partial charge in [0, 0.05) is 6.54 Å². The standard InChI is InChI=1S/C17H20FNO2/c1-3-19-11-13-4-7-15(8-5-13)21-12-14-6-9-17(20-2)16(18)10-14/h4-10,19H,3,11-12H2,1-2H3. The Hall–Kier alpha value is -2.07. The summed E-state index contributed by atoms with van der Waals surface area (Å²) in [7, 11) is 1.45. The number of halogens is 1. The summed E-state index contributed by atoms with van der Waals surface area (Å²) in [6.07, 6.45) is 0. The van der Waals surface area contributed by atoms with Gasteiger partial charge in [-0.3, -0.25) is 0 Å². The predicted molar refractivity (Wildman–Crippen MR) is 81.1 cm³/mol. The molecular formula is C17H20FNO2. The van der Waals surface area contributed by atoms with Crippen molar-refractivity contribution in [2.45, 2.75) is 20.1 Å². The van der Waals surface area contributed by atoms with Crippen LogP contribution in [0.2, 0.25) is 0 Å². The summed E-state index contributed by atoms with van der Waals surface area (Å²) in [6.45, 7) is 4.20. The fourth-order valence-electron chi connectivity index (χ4n) is 1.94. The average molecular weight is 289 g/mol. The highest BCUT2D eigenvalue weighted by Crippen LogP contribution is 2.19. The summed E-state index contributed by atoms with van der Waals surface area (Å²) in [6, 6.07) is 12.7. The van der Waals surface area contributed by atoms with Crippen molar-refractivity contribution >= 4 is 0 Å². The topological polar surface area (TPSA) is 30.5 Å². The summed E-state index contributed by atoms with van der Waals surface area (Å²) >= 11 is 0. The summed E-state index contributed by atoms with van der Waals surface area (Å²) in [4.78, 5) is 0. The largest absolute Gasteiger partial charge is 0.494 e. The van der Waals surface area contributed by atoms with Gasteiger partial charge in [-0.1, -0.05) is 25.1 Å². The lowest BCUT2D eigenvalue weighted by Gasteiger charge is -2.09. The zero-order chi connectivity index (χ0) is 15.1. The Kier molecular flexibility index (Phi) is 5.58. The van der Waals surface area contributed by atoms with Gasteiger partial charge in [-0.25, -0.2) is 4.39 Å². The van der Waals surface area contributed by atoms with Gasteiger partial charge < -0.3 is 14.8 Å². The van der Waals surface area contributed by atoms with Gasteiger partial charge in [0.25, 0.3) is 0 Å². The van der Waals surface area contributed by atoms with Crippen molar-refractivity contribution in [1.82, 2.24) is 5.32 Å². The van der Waals surface area contributed by atoms with Crippen molar-refractivity contribution in [2.24, 2.45) is 0 Å². The van der Waals surface area contributed by atoms with E-state index in [0.717, 1.165) is 24.4 Å². The van der Waals surface area contributed by atoms with Crippen molar-refractivity contribution in [1.29, 1.82) is 0 Å². The summed E-state index contributed by atoms with van der Waals surface area (Å²) < 4.78 is 24.1. The van der Waals surface area contributed by atoms with E-state index in [9.17, 15) is 4.39 Å². The van der Waals surface area contributed by atoms with Crippen LogP contribution in [0, 0.1) is 5.82 Å². The predicted octanol–water partition coefficient (Wildman–Crippen LogP) is 3.52. The lowest BCUT2D eigenvalue weighted by atomic mass is 10.2. The molecule has 21 heavy (non-hydrogen) atoms. The Morgan fingerprint density at radius 1 is 1.05 bits per heavy atom. The van der Waals surface area contributed by atoms with E-state index in [-0.39, 0.29) is 11.6 Å². The molecule has 0 heterocycles. The van der Waals surface area contributed by atoms with Crippen molar-refractivity contribution in [2.75, 3.05) is 13.7 Å². The van der Waals surface area contributed by atoms with Crippen molar-refractivity contribution < 1.29 is 13.9 Å². The van der Waals surface area contributed by atoms with Crippen LogP contribution >= 0.6 is 0 Å². The Morgan fingerprint density at radius 2 is 1.76 bits per heavy atom. The molecule has 3 nitrogen and oxygen atoms in total. The van der Waals surface area contributed by atoms with Crippen LogP contribution in [0.5, 0.6) is 11.5 Å². The molecule has 4 heteroatoms. The highest BCUT2D eigenvalue weighted by Gasteiger charge is 2.04. The molecule has 112 valence electrons. The third-order valence-electron chi connectivity index (χ3n) is 3.12. The van der Waals surface area contributed by atoms with Gasteiger partial charge in [0.2, 0.25) is 0 Å². The van der Waals surface area contributed by atoms with Crippen molar-refractivity contribution in [3.8, 4) is 11.5 Å². The van der Waals surface area contributed by atoms with Crippen LogP contribution in [0.1, 0.15) is 18.1 Å². The number of nitrogens with one attached hydrogen (secondary N) is 1. The van der Waals surface area contributed by atoms with E-state index in [4.69, 9.17) is 9.47 Å². The molecule has 0 aromatic heterocycles. The second kappa shape index (κ2) is 7.64. The molecule has 0 fully saturated rings. The molecule has 0 bridgehead atoms. The maximum atomic E-state index is 13.6. The van der Waals surface area contributed by atoms with Gasteiger partial charge in [0.15, 0.2) is 11.6 Å². The molecule has 1 N–H and O–H groups in total. The number of ether oxygens (including phenoxy) is 2. The highest BCUT2D eigenvalue weighted by molar-refractivity contribution is 5.30. The third kappa shape index (κ3) is 4.46. The van der Waals surface area contributed by atoms with Gasteiger partial charge in [-0.05, 0) is 41.9 Å². The first-order valence-corrected chi connectivity index (χ1v) is 6.97. The maximum absolute atomic E-state index is 13.6. The number of benzene rings is 2. The monoisotopic (exact) mass is 289 g/mol. The van der Waals surface area contributed by atoms with Crippen LogP contribution in [0.15, 0.2) is 42.5 Å². The van der Waals surface area contributed by atoms with E-state index in [0.29, 0.717) is 6.61 Å². The second-order valence-electron chi connectivity index (χ2n) is 4.68. The molecule has 0 aliphatic rings. The summed E-state index contributed by atoms with van der Waals surface area (Å²) in [5.41, 5.74) is 1.98. The van der Waals surface area contributed by atoms with E-state index < -0.39 is 0 Å². The fraction of sp³-hybridized carbons (Fsp3) is 0.294. The Bertz CT molecular complexity index is 570. The molecule has 0 aliphatic heterocycles. The minimum atomic E-state index is -0.375. The minimum absolute atomic E-state index is 0.242. The van der Waals surface area contributed by atoms with Gasteiger partial charge in [0.1, 0.15) is 12.4 Å². The van der Waals surface area contributed by atoms with Crippen LogP contribution in [-0.2, 0) is 13.2 Å². The van der Waals surface area contributed by atoms with Gasteiger partial charge in [-0.15, -0.1) is 0 Å². The molecule has 2 aromatic carbocycles. The van der Waals surface area contributed by atoms with Crippen molar-refractivity contribution in [3.05, 3.63) is 59.4 Å². The number of hydrogen-bond donors (Lipinski definition) is 1. The first kappa shape index (κ1) is 15.3. The Balaban J connectivity index is 1.92. The molecule has 0 spiro atoms. The molecule has 2 rings (SSSR count). The molecule has 0 amide bonds. The Morgan fingerprint density at radius 3 is 2.38 bits per heavy atom. The minimum Gasteiger partial charge on any atom is -0.494 e. The average Bonchev–Trinajstić information content (AvgIpc) is 2.52. The molecule has 2 aromatic rings. The lowest BCUT2D eigenvalue weighted by molar-refractivity contribution is 0.304. The highest BCUT2D eigenvalue weighted by atomic mass is 19.1. The first-order chi connectivity index (χ1) is 10.2.